The first-order valence-electron chi connectivity index (χ1n) is 7.55. The van der Waals surface area contributed by atoms with Crippen LogP contribution in [0.15, 0.2) is 30.9 Å². The first kappa shape index (κ1) is 14.0. The number of rotatable bonds is 3. The second kappa shape index (κ2) is 5.20. The number of hydrogen-bond acceptors (Lipinski definition) is 4. The lowest BCUT2D eigenvalue weighted by molar-refractivity contribution is -0.144. The molecular weight excluding hydrogens is 294 g/mol. The summed E-state index contributed by atoms with van der Waals surface area (Å²) in [4.78, 5) is 25.5. The van der Waals surface area contributed by atoms with E-state index in [0.29, 0.717) is 18.8 Å². The molecule has 4 heterocycles. The monoisotopic (exact) mass is 311 g/mol. The van der Waals surface area contributed by atoms with E-state index in [1.807, 2.05) is 40.8 Å². The van der Waals surface area contributed by atoms with E-state index in [4.69, 9.17) is 0 Å². The van der Waals surface area contributed by atoms with Gasteiger partial charge in [-0.05, 0) is 24.6 Å². The van der Waals surface area contributed by atoms with Gasteiger partial charge >= 0.3 is 5.97 Å². The molecule has 3 aromatic heterocycles. The van der Waals surface area contributed by atoms with Gasteiger partial charge in [-0.15, -0.1) is 0 Å². The minimum atomic E-state index is -0.877. The fraction of sp³-hybridized carbons (Fsp3) is 0.312. The Bertz CT molecular complexity index is 882. The number of aromatic amines is 1. The predicted octanol–water partition coefficient (Wildman–Crippen LogP) is 1.55. The molecule has 0 radical (unpaired) electrons. The number of nitrogens with one attached hydrogen (secondary N) is 1. The van der Waals surface area contributed by atoms with E-state index in [1.54, 1.807) is 6.33 Å². The van der Waals surface area contributed by atoms with Crippen LogP contribution in [-0.4, -0.2) is 41.9 Å². The van der Waals surface area contributed by atoms with Crippen LogP contribution in [0.3, 0.4) is 0 Å². The van der Waals surface area contributed by atoms with E-state index in [9.17, 15) is 9.90 Å². The summed E-state index contributed by atoms with van der Waals surface area (Å²) < 4.78 is 1.96. The summed E-state index contributed by atoms with van der Waals surface area (Å²) in [6.07, 6.45) is 6.26. The molecule has 0 saturated carbocycles. The van der Waals surface area contributed by atoms with Crippen LogP contribution in [-0.2, 0) is 17.8 Å². The van der Waals surface area contributed by atoms with E-state index >= 15 is 0 Å². The van der Waals surface area contributed by atoms with Crippen molar-refractivity contribution in [1.82, 2.24) is 24.3 Å². The van der Waals surface area contributed by atoms with Crippen molar-refractivity contribution in [3.8, 4) is 0 Å². The number of carboxylic acid groups (broad SMARTS) is 1. The van der Waals surface area contributed by atoms with Gasteiger partial charge in [-0.3, -0.25) is 9.69 Å². The summed E-state index contributed by atoms with van der Waals surface area (Å²) in [5.74, 6) is -0.877. The van der Waals surface area contributed by atoms with Crippen molar-refractivity contribution in [3.05, 3.63) is 53.5 Å². The Morgan fingerprint density at radius 2 is 2.39 bits per heavy atom. The third-order valence-electron chi connectivity index (χ3n) is 4.29. The SMILES string of the molecule is Cc1ccn2cc(CN3CCc4[nH]cnc4C3C(=O)O)nc2c1. The largest absolute Gasteiger partial charge is 0.480 e. The fourth-order valence-electron chi connectivity index (χ4n) is 3.19. The first-order chi connectivity index (χ1) is 11.1. The normalized spacial score (nSPS) is 18.2. The van der Waals surface area contributed by atoms with Gasteiger partial charge in [-0.25, -0.2) is 9.97 Å². The van der Waals surface area contributed by atoms with Crippen LogP contribution in [0.2, 0.25) is 0 Å². The smallest absolute Gasteiger partial charge is 0.327 e. The molecule has 3 aromatic rings. The molecule has 1 aliphatic rings. The topological polar surface area (TPSA) is 86.5 Å². The van der Waals surface area contributed by atoms with Crippen molar-refractivity contribution >= 4 is 11.6 Å². The second-order valence-corrected chi connectivity index (χ2v) is 5.93. The van der Waals surface area contributed by atoms with Crippen LogP contribution in [0.4, 0.5) is 0 Å². The highest BCUT2D eigenvalue weighted by Gasteiger charge is 2.35. The molecule has 0 aliphatic carbocycles. The number of hydrogen-bond donors (Lipinski definition) is 2. The van der Waals surface area contributed by atoms with Gasteiger partial charge < -0.3 is 14.5 Å². The number of nitrogens with zero attached hydrogens (tertiary/aromatic N) is 4. The summed E-state index contributed by atoms with van der Waals surface area (Å²) in [7, 11) is 0. The van der Waals surface area contributed by atoms with Gasteiger partial charge in [0.25, 0.3) is 0 Å². The maximum Gasteiger partial charge on any atom is 0.327 e. The molecule has 7 nitrogen and oxygen atoms in total. The Labute approximate surface area is 132 Å². The number of aliphatic carboxylic acids is 1. The molecule has 1 atom stereocenters. The van der Waals surface area contributed by atoms with Crippen molar-refractivity contribution in [2.24, 2.45) is 0 Å². The molecule has 7 heteroatoms. The van der Waals surface area contributed by atoms with Crippen molar-refractivity contribution in [3.63, 3.8) is 0 Å². The highest BCUT2D eigenvalue weighted by Crippen LogP contribution is 2.28. The van der Waals surface area contributed by atoms with Crippen LogP contribution in [0.5, 0.6) is 0 Å². The number of fused-ring (bicyclic) bond motifs is 2. The number of H-pyrrole nitrogens is 1. The van der Waals surface area contributed by atoms with Crippen LogP contribution in [0.25, 0.3) is 5.65 Å². The molecule has 0 spiro atoms. The van der Waals surface area contributed by atoms with Gasteiger partial charge in [0, 0.05) is 37.6 Å². The Kier molecular flexibility index (Phi) is 3.16. The molecule has 0 amide bonds. The molecule has 1 unspecified atom stereocenters. The van der Waals surface area contributed by atoms with E-state index < -0.39 is 12.0 Å². The highest BCUT2D eigenvalue weighted by molar-refractivity contribution is 5.75. The van der Waals surface area contributed by atoms with E-state index in [-0.39, 0.29) is 0 Å². The van der Waals surface area contributed by atoms with Gasteiger partial charge in [0.1, 0.15) is 5.65 Å². The molecule has 23 heavy (non-hydrogen) atoms. The molecule has 0 bridgehead atoms. The molecule has 1 aliphatic heterocycles. The van der Waals surface area contributed by atoms with Crippen LogP contribution >= 0.6 is 0 Å². The number of aryl methyl sites for hydroxylation is 1. The summed E-state index contributed by atoms with van der Waals surface area (Å²) in [6.45, 7) is 3.18. The number of carbonyl (C=O) groups is 1. The maximum absolute atomic E-state index is 11.7. The zero-order chi connectivity index (χ0) is 16.0. The average Bonchev–Trinajstić information content (AvgIpc) is 3.11. The lowest BCUT2D eigenvalue weighted by Gasteiger charge is -2.31. The predicted molar refractivity (Wildman–Crippen MR) is 83.0 cm³/mol. The van der Waals surface area contributed by atoms with E-state index in [1.165, 1.54) is 0 Å². The Hall–Kier alpha value is -2.67. The highest BCUT2D eigenvalue weighted by atomic mass is 16.4. The number of pyridine rings is 1. The Balaban J connectivity index is 1.65. The summed E-state index contributed by atoms with van der Waals surface area (Å²) in [6, 6.07) is 3.31. The van der Waals surface area contributed by atoms with Crippen LogP contribution in [0.1, 0.15) is 28.7 Å². The summed E-state index contributed by atoms with van der Waals surface area (Å²) in [5.41, 5.74) is 4.42. The van der Waals surface area contributed by atoms with Gasteiger partial charge in [0.15, 0.2) is 6.04 Å². The van der Waals surface area contributed by atoms with Crippen molar-refractivity contribution in [1.29, 1.82) is 0 Å². The standard InChI is InChI=1S/C16H17N5O2/c1-10-2-4-20-7-11(19-13(20)6-10)8-21-5-3-12-14(18-9-17-12)15(21)16(22)23/h2,4,6-7,9,15H,3,5,8H2,1H3,(H,17,18)(H,22,23). The number of aromatic nitrogens is 4. The van der Waals surface area contributed by atoms with Gasteiger partial charge in [-0.1, -0.05) is 0 Å². The molecule has 2 N–H and O–H groups in total. The fourth-order valence-corrected chi connectivity index (χ4v) is 3.19. The quantitative estimate of drug-likeness (QED) is 0.766. The van der Waals surface area contributed by atoms with Gasteiger partial charge in [0.2, 0.25) is 0 Å². The molecule has 0 fully saturated rings. The third kappa shape index (κ3) is 2.39. The molecular formula is C16H17N5O2. The number of carboxylic acids is 1. The van der Waals surface area contributed by atoms with Crippen molar-refractivity contribution in [2.45, 2.75) is 25.9 Å². The number of imidazole rings is 2. The lowest BCUT2D eigenvalue weighted by Crippen LogP contribution is -2.39. The van der Waals surface area contributed by atoms with E-state index in [2.05, 4.69) is 15.0 Å². The van der Waals surface area contributed by atoms with Crippen molar-refractivity contribution < 1.29 is 9.90 Å². The Morgan fingerprint density at radius 1 is 1.52 bits per heavy atom. The molecule has 4 rings (SSSR count). The molecule has 0 saturated heterocycles. The average molecular weight is 311 g/mol. The minimum absolute atomic E-state index is 0.490. The zero-order valence-electron chi connectivity index (χ0n) is 12.7. The lowest BCUT2D eigenvalue weighted by atomic mass is 10.0. The van der Waals surface area contributed by atoms with Gasteiger partial charge in [-0.2, -0.15) is 0 Å². The minimum Gasteiger partial charge on any atom is -0.480 e. The first-order valence-corrected chi connectivity index (χ1v) is 7.55. The summed E-state index contributed by atoms with van der Waals surface area (Å²) in [5, 5.41) is 9.61. The van der Waals surface area contributed by atoms with E-state index in [0.717, 1.165) is 29.0 Å². The summed E-state index contributed by atoms with van der Waals surface area (Å²) >= 11 is 0. The third-order valence-corrected chi connectivity index (χ3v) is 4.29. The van der Waals surface area contributed by atoms with Gasteiger partial charge in [0.05, 0.1) is 17.7 Å². The second-order valence-electron chi connectivity index (χ2n) is 5.93. The zero-order valence-corrected chi connectivity index (χ0v) is 12.7. The van der Waals surface area contributed by atoms with Crippen molar-refractivity contribution in [2.75, 3.05) is 6.54 Å². The van der Waals surface area contributed by atoms with Crippen LogP contribution < -0.4 is 0 Å². The van der Waals surface area contributed by atoms with Crippen LogP contribution in [0, 0.1) is 6.92 Å². The molecule has 118 valence electrons. The maximum atomic E-state index is 11.7. The Morgan fingerprint density at radius 3 is 3.22 bits per heavy atom. The molecule has 0 aromatic carbocycles.